The van der Waals surface area contributed by atoms with Crippen molar-refractivity contribution < 1.29 is 20.1 Å². The van der Waals surface area contributed by atoms with E-state index in [1.165, 1.54) is 0 Å². The molecule has 0 aromatic heterocycles. The van der Waals surface area contributed by atoms with Crippen molar-refractivity contribution in [1.82, 2.24) is 10.2 Å². The zero-order valence-electron chi connectivity index (χ0n) is 13.2. The predicted octanol–water partition coefficient (Wildman–Crippen LogP) is -0.140. The van der Waals surface area contributed by atoms with Crippen LogP contribution in [0.2, 0.25) is 0 Å². The Morgan fingerprint density at radius 3 is 2.33 bits per heavy atom. The van der Waals surface area contributed by atoms with Gasteiger partial charge in [-0.1, -0.05) is 33.1 Å². The molecule has 1 aliphatic heterocycles. The number of amides is 1. The molecule has 0 bridgehead atoms. The van der Waals surface area contributed by atoms with E-state index in [4.69, 9.17) is 0 Å². The van der Waals surface area contributed by atoms with Gasteiger partial charge in [0.1, 0.15) is 12.1 Å². The van der Waals surface area contributed by atoms with E-state index in [0.29, 0.717) is 13.1 Å². The van der Waals surface area contributed by atoms with Crippen molar-refractivity contribution in [3.63, 3.8) is 0 Å². The molecule has 4 atom stereocenters. The monoisotopic (exact) mass is 302 g/mol. The molecule has 1 fully saturated rings. The molecule has 6 nitrogen and oxygen atoms in total. The Morgan fingerprint density at radius 2 is 1.76 bits per heavy atom. The summed E-state index contributed by atoms with van der Waals surface area (Å²) in [6, 6.07) is -1.34. The summed E-state index contributed by atoms with van der Waals surface area (Å²) in [5, 5.41) is 32.4. The number of nitrogens with zero attached hydrogens (tertiary/aromatic N) is 1. The van der Waals surface area contributed by atoms with Crippen LogP contribution >= 0.6 is 0 Å². The van der Waals surface area contributed by atoms with Crippen LogP contribution in [0.3, 0.4) is 0 Å². The topological polar surface area (TPSA) is 93.0 Å². The third kappa shape index (κ3) is 4.64. The molecule has 0 aromatic carbocycles. The fourth-order valence-corrected chi connectivity index (χ4v) is 2.87. The van der Waals surface area contributed by atoms with E-state index in [9.17, 15) is 20.1 Å². The number of hydrogen-bond acceptors (Lipinski definition) is 5. The van der Waals surface area contributed by atoms with Crippen molar-refractivity contribution in [1.29, 1.82) is 0 Å². The number of aliphatic hydroxyl groups is 3. The molecule has 0 spiro atoms. The number of hydrogen-bond donors (Lipinski definition) is 4. The van der Waals surface area contributed by atoms with Gasteiger partial charge in [0.2, 0.25) is 5.91 Å². The second kappa shape index (κ2) is 9.35. The van der Waals surface area contributed by atoms with Crippen LogP contribution < -0.4 is 5.32 Å². The molecule has 0 aromatic rings. The first-order chi connectivity index (χ1) is 10.1. The number of carbonyl (C=O) groups excluding carboxylic acids is 1. The lowest BCUT2D eigenvalue weighted by Gasteiger charge is -2.28. The molecule has 1 amide bonds. The average Bonchev–Trinajstić information content (AvgIpc) is 2.72. The highest BCUT2D eigenvalue weighted by Gasteiger charge is 2.50. The van der Waals surface area contributed by atoms with E-state index in [0.717, 1.165) is 32.1 Å². The Kier molecular flexibility index (Phi) is 8.18. The van der Waals surface area contributed by atoms with Gasteiger partial charge < -0.3 is 20.6 Å². The quantitative estimate of drug-likeness (QED) is 0.445. The Labute approximate surface area is 127 Å². The molecule has 1 heterocycles. The van der Waals surface area contributed by atoms with Crippen LogP contribution in [0.15, 0.2) is 0 Å². The lowest BCUT2D eigenvalue weighted by Crippen LogP contribution is -2.50. The van der Waals surface area contributed by atoms with E-state index in [2.05, 4.69) is 12.2 Å². The number of unbranched alkanes of at least 4 members (excludes halogenated alkanes) is 3. The van der Waals surface area contributed by atoms with Gasteiger partial charge in [0.05, 0.1) is 18.8 Å². The third-order valence-corrected chi connectivity index (χ3v) is 4.16. The summed E-state index contributed by atoms with van der Waals surface area (Å²) in [5.41, 5.74) is 0. The molecular weight excluding hydrogens is 272 g/mol. The van der Waals surface area contributed by atoms with Crippen molar-refractivity contribution >= 4 is 5.91 Å². The summed E-state index contributed by atoms with van der Waals surface area (Å²) < 4.78 is 0. The van der Waals surface area contributed by atoms with E-state index < -0.39 is 24.3 Å². The lowest BCUT2D eigenvalue weighted by atomic mass is 10.1. The standard InChI is InChI=1S/C15H30N2O4/c1-3-5-7-8-16-15(21)12-14(20)13(19)11(10-18)17(12)9-6-4-2/h11-14,18-20H,3-10H2,1-2H3,(H,16,21)/t11-,12+,13+,14-/m1/s1. The minimum atomic E-state index is -1.15. The van der Waals surface area contributed by atoms with E-state index in [-0.39, 0.29) is 12.5 Å². The molecule has 1 saturated heterocycles. The first kappa shape index (κ1) is 18.4. The fourth-order valence-electron chi connectivity index (χ4n) is 2.87. The summed E-state index contributed by atoms with van der Waals surface area (Å²) in [6.45, 7) is 5.04. The maximum absolute atomic E-state index is 12.3. The van der Waals surface area contributed by atoms with Crippen molar-refractivity contribution in [2.75, 3.05) is 19.7 Å². The Balaban J connectivity index is 2.67. The van der Waals surface area contributed by atoms with Gasteiger partial charge in [-0.3, -0.25) is 9.69 Å². The number of carbonyl (C=O) groups is 1. The van der Waals surface area contributed by atoms with Crippen LogP contribution in [-0.2, 0) is 4.79 Å². The second-order valence-electron chi connectivity index (χ2n) is 5.77. The van der Waals surface area contributed by atoms with Gasteiger partial charge in [0, 0.05) is 6.54 Å². The molecule has 0 saturated carbocycles. The van der Waals surface area contributed by atoms with Crippen LogP contribution in [0, 0.1) is 0 Å². The number of likely N-dealkylation sites (tertiary alicyclic amines) is 1. The molecule has 4 N–H and O–H groups in total. The molecule has 1 rings (SSSR count). The van der Waals surface area contributed by atoms with E-state index in [1.807, 2.05) is 6.92 Å². The van der Waals surface area contributed by atoms with Gasteiger partial charge in [0.15, 0.2) is 0 Å². The molecular formula is C15H30N2O4. The van der Waals surface area contributed by atoms with Crippen molar-refractivity contribution in [3.05, 3.63) is 0 Å². The highest BCUT2D eigenvalue weighted by molar-refractivity contribution is 5.83. The van der Waals surface area contributed by atoms with Crippen molar-refractivity contribution in [2.45, 2.75) is 70.2 Å². The van der Waals surface area contributed by atoms with Gasteiger partial charge >= 0.3 is 0 Å². The zero-order chi connectivity index (χ0) is 15.8. The Morgan fingerprint density at radius 1 is 1.10 bits per heavy atom. The normalized spacial score (nSPS) is 29.8. The minimum Gasteiger partial charge on any atom is -0.395 e. The van der Waals surface area contributed by atoms with Crippen LogP contribution in [0.1, 0.15) is 46.0 Å². The summed E-state index contributed by atoms with van der Waals surface area (Å²) in [6.07, 6.45) is 2.61. The van der Waals surface area contributed by atoms with Crippen molar-refractivity contribution in [2.24, 2.45) is 0 Å². The van der Waals surface area contributed by atoms with Gasteiger partial charge in [-0.15, -0.1) is 0 Å². The van der Waals surface area contributed by atoms with E-state index >= 15 is 0 Å². The van der Waals surface area contributed by atoms with Crippen LogP contribution in [0.25, 0.3) is 0 Å². The molecule has 0 aliphatic carbocycles. The summed E-state index contributed by atoms with van der Waals surface area (Å²) in [5.74, 6) is -0.260. The smallest absolute Gasteiger partial charge is 0.240 e. The zero-order valence-corrected chi connectivity index (χ0v) is 13.2. The predicted molar refractivity (Wildman–Crippen MR) is 80.8 cm³/mol. The summed E-state index contributed by atoms with van der Waals surface area (Å²) in [7, 11) is 0. The molecule has 0 unspecified atom stereocenters. The van der Waals surface area contributed by atoms with E-state index in [1.54, 1.807) is 4.90 Å². The molecule has 6 heteroatoms. The first-order valence-corrected chi connectivity index (χ1v) is 8.08. The van der Waals surface area contributed by atoms with Gasteiger partial charge in [-0.2, -0.15) is 0 Å². The Bertz CT molecular complexity index is 314. The highest BCUT2D eigenvalue weighted by Crippen LogP contribution is 2.26. The minimum absolute atomic E-state index is 0.260. The van der Waals surface area contributed by atoms with Crippen molar-refractivity contribution in [3.8, 4) is 0 Å². The van der Waals surface area contributed by atoms with Gasteiger partial charge in [-0.05, 0) is 19.4 Å². The van der Waals surface area contributed by atoms with Crippen LogP contribution in [0.5, 0.6) is 0 Å². The molecule has 1 aliphatic rings. The number of nitrogens with one attached hydrogen (secondary N) is 1. The lowest BCUT2D eigenvalue weighted by molar-refractivity contribution is -0.129. The third-order valence-electron chi connectivity index (χ3n) is 4.16. The number of rotatable bonds is 9. The van der Waals surface area contributed by atoms with Gasteiger partial charge in [0.25, 0.3) is 0 Å². The maximum atomic E-state index is 12.3. The molecule has 21 heavy (non-hydrogen) atoms. The largest absolute Gasteiger partial charge is 0.395 e. The average molecular weight is 302 g/mol. The summed E-state index contributed by atoms with van der Waals surface area (Å²) >= 11 is 0. The van der Waals surface area contributed by atoms with Gasteiger partial charge in [-0.25, -0.2) is 0 Å². The second-order valence-corrected chi connectivity index (χ2v) is 5.77. The maximum Gasteiger partial charge on any atom is 0.240 e. The molecule has 124 valence electrons. The highest BCUT2D eigenvalue weighted by atomic mass is 16.3. The first-order valence-electron chi connectivity index (χ1n) is 8.08. The summed E-state index contributed by atoms with van der Waals surface area (Å²) in [4.78, 5) is 14.0. The number of aliphatic hydroxyl groups excluding tert-OH is 3. The molecule has 0 radical (unpaired) electrons. The SMILES string of the molecule is CCCCCNC(=O)[C@@H]1[C@@H](O)[C@@H](O)[C@@H](CO)N1CCCC. The van der Waals surface area contributed by atoms with Crippen LogP contribution in [-0.4, -0.2) is 70.1 Å². The fraction of sp³-hybridized carbons (Fsp3) is 0.933. The Hall–Kier alpha value is -0.690. The van der Waals surface area contributed by atoms with Crippen LogP contribution in [0.4, 0.5) is 0 Å².